The first-order valence-electron chi connectivity index (χ1n) is 6.88. The van der Waals surface area contributed by atoms with Gasteiger partial charge in [-0.3, -0.25) is 4.98 Å². The highest BCUT2D eigenvalue weighted by atomic mass is 32.1. The molecule has 0 aromatic carbocycles. The van der Waals surface area contributed by atoms with Gasteiger partial charge in [-0.05, 0) is 38.1 Å². The molecule has 2 nitrogen and oxygen atoms in total. The van der Waals surface area contributed by atoms with Crippen molar-refractivity contribution < 1.29 is 0 Å². The summed E-state index contributed by atoms with van der Waals surface area (Å²) in [7, 11) is 2.11. The van der Waals surface area contributed by atoms with Crippen LogP contribution in [-0.4, -0.2) is 18.1 Å². The van der Waals surface area contributed by atoms with Gasteiger partial charge in [-0.1, -0.05) is 26.2 Å². The van der Waals surface area contributed by atoms with Crippen LogP contribution in [0.5, 0.6) is 0 Å². The highest BCUT2D eigenvalue weighted by Gasteiger charge is 2.27. The van der Waals surface area contributed by atoms with Gasteiger partial charge in [0.25, 0.3) is 0 Å². The van der Waals surface area contributed by atoms with Gasteiger partial charge in [0.2, 0.25) is 0 Å². The quantitative estimate of drug-likeness (QED) is 0.867. The van der Waals surface area contributed by atoms with Crippen molar-refractivity contribution in [3.05, 3.63) is 16.6 Å². The lowest BCUT2D eigenvalue weighted by Crippen LogP contribution is -2.38. The van der Waals surface area contributed by atoms with Gasteiger partial charge < -0.3 is 5.32 Å². The van der Waals surface area contributed by atoms with Crippen LogP contribution in [0.15, 0.2) is 11.7 Å². The first-order chi connectivity index (χ1) is 8.33. The van der Waals surface area contributed by atoms with Crippen molar-refractivity contribution in [1.82, 2.24) is 10.3 Å². The highest BCUT2D eigenvalue weighted by molar-refractivity contribution is 7.09. The average molecular weight is 252 g/mol. The normalized spacial score (nSPS) is 26.9. The Morgan fingerprint density at radius 2 is 2.41 bits per heavy atom. The number of nitrogens with zero attached hydrogens (tertiary/aromatic N) is 1. The molecule has 1 fully saturated rings. The second-order valence-electron chi connectivity index (χ2n) is 5.27. The molecule has 1 N–H and O–H groups in total. The van der Waals surface area contributed by atoms with Crippen LogP contribution in [0.2, 0.25) is 0 Å². The largest absolute Gasteiger partial charge is 0.316 e. The van der Waals surface area contributed by atoms with Crippen LogP contribution in [0.25, 0.3) is 0 Å². The molecule has 17 heavy (non-hydrogen) atoms. The van der Waals surface area contributed by atoms with Crippen molar-refractivity contribution in [2.75, 3.05) is 7.05 Å². The standard InChI is InChI=1S/C14H24N2S/c1-3-11-5-4-6-12(7-11)14(15-2)8-13-9-16-10-17-13/h9-12,14-15H,3-8H2,1-2H3. The number of nitrogens with one attached hydrogen (secondary N) is 1. The van der Waals surface area contributed by atoms with E-state index in [1.165, 1.54) is 37.0 Å². The van der Waals surface area contributed by atoms with Gasteiger partial charge >= 0.3 is 0 Å². The predicted molar refractivity (Wildman–Crippen MR) is 74.4 cm³/mol. The Labute approximate surface area is 109 Å². The topological polar surface area (TPSA) is 24.9 Å². The van der Waals surface area contributed by atoms with Crippen molar-refractivity contribution in [3.8, 4) is 0 Å². The maximum absolute atomic E-state index is 4.18. The Hall–Kier alpha value is -0.410. The molecule has 2 rings (SSSR count). The molecule has 3 heteroatoms. The smallest absolute Gasteiger partial charge is 0.0794 e. The van der Waals surface area contributed by atoms with Gasteiger partial charge in [0.1, 0.15) is 0 Å². The Morgan fingerprint density at radius 1 is 1.53 bits per heavy atom. The summed E-state index contributed by atoms with van der Waals surface area (Å²) in [6.45, 7) is 2.34. The van der Waals surface area contributed by atoms with Crippen molar-refractivity contribution >= 4 is 11.3 Å². The van der Waals surface area contributed by atoms with E-state index in [-0.39, 0.29) is 0 Å². The second-order valence-corrected chi connectivity index (χ2v) is 6.24. The van der Waals surface area contributed by atoms with Crippen LogP contribution < -0.4 is 5.32 Å². The van der Waals surface area contributed by atoms with E-state index < -0.39 is 0 Å². The van der Waals surface area contributed by atoms with E-state index in [4.69, 9.17) is 0 Å². The van der Waals surface area contributed by atoms with Crippen molar-refractivity contribution in [2.45, 2.75) is 51.5 Å². The molecule has 0 radical (unpaired) electrons. The fourth-order valence-electron chi connectivity index (χ4n) is 3.13. The van der Waals surface area contributed by atoms with Gasteiger partial charge in [0.15, 0.2) is 0 Å². The number of hydrogen-bond acceptors (Lipinski definition) is 3. The zero-order valence-corrected chi connectivity index (χ0v) is 11.8. The fraction of sp³-hybridized carbons (Fsp3) is 0.786. The van der Waals surface area contributed by atoms with Gasteiger partial charge in [0, 0.05) is 17.1 Å². The lowest BCUT2D eigenvalue weighted by Gasteiger charge is -2.34. The molecule has 1 aliphatic carbocycles. The zero-order valence-electron chi connectivity index (χ0n) is 11.0. The number of aromatic nitrogens is 1. The van der Waals surface area contributed by atoms with Crippen LogP contribution in [0, 0.1) is 11.8 Å². The number of hydrogen-bond donors (Lipinski definition) is 1. The van der Waals surface area contributed by atoms with E-state index in [9.17, 15) is 0 Å². The molecule has 0 saturated heterocycles. The van der Waals surface area contributed by atoms with Gasteiger partial charge in [-0.2, -0.15) is 0 Å². The molecule has 1 aromatic heterocycles. The van der Waals surface area contributed by atoms with Crippen LogP contribution >= 0.6 is 11.3 Å². The fourth-order valence-corrected chi connectivity index (χ4v) is 3.79. The first-order valence-corrected chi connectivity index (χ1v) is 7.76. The zero-order chi connectivity index (χ0) is 12.1. The van der Waals surface area contributed by atoms with E-state index in [1.807, 2.05) is 11.7 Å². The van der Waals surface area contributed by atoms with Crippen molar-refractivity contribution in [1.29, 1.82) is 0 Å². The van der Waals surface area contributed by atoms with Crippen LogP contribution in [0.3, 0.4) is 0 Å². The molecule has 0 spiro atoms. The van der Waals surface area contributed by atoms with Crippen molar-refractivity contribution in [2.24, 2.45) is 11.8 Å². The van der Waals surface area contributed by atoms with E-state index in [2.05, 4.69) is 24.3 Å². The molecule has 0 amide bonds. The van der Waals surface area contributed by atoms with Gasteiger partial charge in [-0.15, -0.1) is 11.3 Å². The SMILES string of the molecule is CCC1CCCC(C(Cc2cncs2)NC)C1. The van der Waals surface area contributed by atoms with E-state index in [0.717, 1.165) is 18.3 Å². The van der Waals surface area contributed by atoms with Gasteiger partial charge in [-0.25, -0.2) is 0 Å². The molecule has 1 aliphatic rings. The third kappa shape index (κ3) is 3.52. The van der Waals surface area contributed by atoms with Crippen LogP contribution in [0.4, 0.5) is 0 Å². The summed E-state index contributed by atoms with van der Waals surface area (Å²) in [4.78, 5) is 5.60. The Bertz CT molecular complexity index is 310. The minimum atomic E-state index is 0.643. The molecule has 96 valence electrons. The van der Waals surface area contributed by atoms with E-state index in [1.54, 1.807) is 11.3 Å². The molecule has 0 bridgehead atoms. The molecule has 1 heterocycles. The number of likely N-dealkylation sites (N-methyl/N-ethyl adjacent to an activating group) is 1. The minimum absolute atomic E-state index is 0.643. The molecule has 1 aromatic rings. The van der Waals surface area contributed by atoms with E-state index in [0.29, 0.717) is 6.04 Å². The third-order valence-corrected chi connectivity index (χ3v) is 5.05. The summed E-state index contributed by atoms with van der Waals surface area (Å²) in [5.74, 6) is 1.83. The Balaban J connectivity index is 1.93. The van der Waals surface area contributed by atoms with E-state index >= 15 is 0 Å². The summed E-state index contributed by atoms with van der Waals surface area (Å²) in [5.41, 5.74) is 1.94. The highest BCUT2D eigenvalue weighted by Crippen LogP contribution is 2.33. The second kappa shape index (κ2) is 6.50. The molecular formula is C14H24N2S. The summed E-state index contributed by atoms with van der Waals surface area (Å²) in [5, 5.41) is 3.53. The Kier molecular flexibility index (Phi) is 4.99. The predicted octanol–water partition coefficient (Wildman–Crippen LogP) is 3.49. The van der Waals surface area contributed by atoms with Crippen LogP contribution in [0.1, 0.15) is 43.9 Å². The maximum Gasteiger partial charge on any atom is 0.0794 e. The molecule has 3 atom stereocenters. The summed E-state index contributed by atoms with van der Waals surface area (Å²) in [6, 6.07) is 0.643. The summed E-state index contributed by atoms with van der Waals surface area (Å²) >= 11 is 1.79. The van der Waals surface area contributed by atoms with Crippen molar-refractivity contribution in [3.63, 3.8) is 0 Å². The first kappa shape index (κ1) is 13.0. The van der Waals surface area contributed by atoms with Crippen LogP contribution in [-0.2, 0) is 6.42 Å². The minimum Gasteiger partial charge on any atom is -0.316 e. The van der Waals surface area contributed by atoms with Gasteiger partial charge in [0.05, 0.1) is 5.51 Å². The average Bonchev–Trinajstić information content (AvgIpc) is 2.89. The number of thiazole rings is 1. The number of rotatable bonds is 5. The molecular weight excluding hydrogens is 228 g/mol. The lowest BCUT2D eigenvalue weighted by atomic mass is 9.76. The third-order valence-electron chi connectivity index (χ3n) is 4.25. The summed E-state index contributed by atoms with van der Waals surface area (Å²) in [6.07, 6.45) is 10.2. The molecule has 3 unspecified atom stereocenters. The molecule has 0 aliphatic heterocycles. The maximum atomic E-state index is 4.18. The summed E-state index contributed by atoms with van der Waals surface area (Å²) < 4.78 is 0. The Morgan fingerprint density at radius 3 is 3.06 bits per heavy atom. The molecule has 1 saturated carbocycles. The lowest BCUT2D eigenvalue weighted by molar-refractivity contribution is 0.213. The monoisotopic (exact) mass is 252 g/mol.